The fourth-order valence-electron chi connectivity index (χ4n) is 1.99. The summed E-state index contributed by atoms with van der Waals surface area (Å²) < 4.78 is 5.72. The van der Waals surface area contributed by atoms with E-state index in [2.05, 4.69) is 0 Å². The van der Waals surface area contributed by atoms with Crippen molar-refractivity contribution in [1.82, 2.24) is 0 Å². The Balaban J connectivity index is 2.38. The highest BCUT2D eigenvalue weighted by Crippen LogP contribution is 2.37. The van der Waals surface area contributed by atoms with Crippen molar-refractivity contribution in [3.05, 3.63) is 24.3 Å². The fourth-order valence-corrected chi connectivity index (χ4v) is 1.99. The third-order valence-corrected chi connectivity index (χ3v) is 2.87. The molecule has 0 aromatic heterocycles. The molecule has 2 rings (SSSR count). The molecule has 0 radical (unpaired) electrons. The molecule has 0 spiro atoms. The quantitative estimate of drug-likeness (QED) is 0.863. The standard InChI is InChI=1S/C13H18N2O2/c1-13(2)12(16)15(9-5-8-14)10-6-3-4-7-11(10)17-13/h3-4,6-7H,5,8-9,14H2,1-2H3. The maximum absolute atomic E-state index is 12.3. The van der Waals surface area contributed by atoms with Gasteiger partial charge in [0.1, 0.15) is 5.75 Å². The van der Waals surface area contributed by atoms with Crippen molar-refractivity contribution in [3.63, 3.8) is 0 Å². The molecule has 1 aromatic carbocycles. The van der Waals surface area contributed by atoms with Crippen LogP contribution in [0.4, 0.5) is 5.69 Å². The Hall–Kier alpha value is -1.55. The number of carbonyl (C=O) groups excluding carboxylic acids is 1. The van der Waals surface area contributed by atoms with E-state index < -0.39 is 5.60 Å². The van der Waals surface area contributed by atoms with Gasteiger partial charge in [-0.15, -0.1) is 0 Å². The van der Waals surface area contributed by atoms with E-state index in [0.717, 1.165) is 17.9 Å². The molecule has 0 saturated carbocycles. The molecule has 0 saturated heterocycles. The second kappa shape index (κ2) is 4.37. The van der Waals surface area contributed by atoms with Crippen LogP contribution in [-0.2, 0) is 4.79 Å². The maximum Gasteiger partial charge on any atom is 0.270 e. The number of para-hydroxylation sites is 2. The van der Waals surface area contributed by atoms with Crippen LogP contribution in [0.1, 0.15) is 20.3 Å². The monoisotopic (exact) mass is 234 g/mol. The van der Waals surface area contributed by atoms with Crippen LogP contribution in [-0.4, -0.2) is 24.6 Å². The van der Waals surface area contributed by atoms with E-state index in [1.807, 2.05) is 24.3 Å². The second-order valence-electron chi connectivity index (χ2n) is 4.68. The maximum atomic E-state index is 12.3. The highest BCUT2D eigenvalue weighted by molar-refractivity contribution is 6.02. The number of amides is 1. The molecule has 0 atom stereocenters. The van der Waals surface area contributed by atoms with Crippen LogP contribution in [0.2, 0.25) is 0 Å². The normalized spacial score (nSPS) is 17.6. The van der Waals surface area contributed by atoms with Crippen molar-refractivity contribution in [2.24, 2.45) is 5.73 Å². The van der Waals surface area contributed by atoms with Crippen LogP contribution in [0.25, 0.3) is 0 Å². The summed E-state index contributed by atoms with van der Waals surface area (Å²) in [7, 11) is 0. The molecule has 4 nitrogen and oxygen atoms in total. The first kappa shape index (κ1) is 11.9. The van der Waals surface area contributed by atoms with Gasteiger partial charge in [0.05, 0.1) is 5.69 Å². The second-order valence-corrected chi connectivity index (χ2v) is 4.68. The van der Waals surface area contributed by atoms with Gasteiger partial charge in [-0.05, 0) is 38.9 Å². The highest BCUT2D eigenvalue weighted by atomic mass is 16.5. The zero-order valence-corrected chi connectivity index (χ0v) is 10.3. The van der Waals surface area contributed by atoms with Crippen molar-refractivity contribution < 1.29 is 9.53 Å². The molecule has 0 unspecified atom stereocenters. The summed E-state index contributed by atoms with van der Waals surface area (Å²) in [6.45, 7) is 4.80. The van der Waals surface area contributed by atoms with Gasteiger partial charge in [0.2, 0.25) is 0 Å². The summed E-state index contributed by atoms with van der Waals surface area (Å²) in [5, 5.41) is 0. The summed E-state index contributed by atoms with van der Waals surface area (Å²) in [6, 6.07) is 7.60. The number of anilines is 1. The third kappa shape index (κ3) is 2.13. The Morgan fingerprint density at radius 1 is 1.35 bits per heavy atom. The van der Waals surface area contributed by atoms with E-state index in [9.17, 15) is 4.79 Å². The van der Waals surface area contributed by atoms with Crippen LogP contribution >= 0.6 is 0 Å². The van der Waals surface area contributed by atoms with Gasteiger partial charge in [-0.2, -0.15) is 0 Å². The Morgan fingerprint density at radius 3 is 2.76 bits per heavy atom. The molecular formula is C13H18N2O2. The first-order valence-electron chi connectivity index (χ1n) is 5.86. The van der Waals surface area contributed by atoms with Crippen molar-refractivity contribution >= 4 is 11.6 Å². The van der Waals surface area contributed by atoms with Crippen LogP contribution < -0.4 is 15.4 Å². The molecule has 1 aromatic rings. The van der Waals surface area contributed by atoms with Gasteiger partial charge < -0.3 is 15.4 Å². The molecule has 1 heterocycles. The van der Waals surface area contributed by atoms with Crippen molar-refractivity contribution in [1.29, 1.82) is 0 Å². The lowest BCUT2D eigenvalue weighted by Gasteiger charge is -2.38. The molecule has 92 valence electrons. The smallest absolute Gasteiger partial charge is 0.270 e. The summed E-state index contributed by atoms with van der Waals surface area (Å²) in [5.74, 6) is 0.749. The molecule has 0 bridgehead atoms. The zero-order chi connectivity index (χ0) is 12.5. The summed E-state index contributed by atoms with van der Waals surface area (Å²) >= 11 is 0. The van der Waals surface area contributed by atoms with Crippen LogP contribution in [0, 0.1) is 0 Å². The average Bonchev–Trinajstić information content (AvgIpc) is 2.29. The number of rotatable bonds is 3. The Labute approximate surface area is 101 Å². The minimum absolute atomic E-state index is 0.00958. The molecule has 1 amide bonds. The SMILES string of the molecule is CC1(C)Oc2ccccc2N(CCCN)C1=O. The van der Waals surface area contributed by atoms with Crippen molar-refractivity contribution in [3.8, 4) is 5.75 Å². The lowest BCUT2D eigenvalue weighted by Crippen LogP contribution is -2.52. The van der Waals surface area contributed by atoms with Gasteiger partial charge in [-0.3, -0.25) is 4.79 Å². The van der Waals surface area contributed by atoms with Crippen LogP contribution in [0.3, 0.4) is 0 Å². The Bertz CT molecular complexity index is 429. The Morgan fingerprint density at radius 2 is 2.06 bits per heavy atom. The van der Waals surface area contributed by atoms with Crippen molar-refractivity contribution in [2.45, 2.75) is 25.9 Å². The number of nitrogens with two attached hydrogens (primary N) is 1. The predicted octanol–water partition coefficient (Wildman–Crippen LogP) is 1.54. The minimum Gasteiger partial charge on any atom is -0.476 e. The fraction of sp³-hybridized carbons (Fsp3) is 0.462. The van der Waals surface area contributed by atoms with E-state index in [4.69, 9.17) is 10.5 Å². The summed E-state index contributed by atoms with van der Waals surface area (Å²) in [6.07, 6.45) is 0.788. The largest absolute Gasteiger partial charge is 0.476 e. The van der Waals surface area contributed by atoms with Crippen LogP contribution in [0.15, 0.2) is 24.3 Å². The van der Waals surface area contributed by atoms with Gasteiger partial charge in [-0.1, -0.05) is 12.1 Å². The number of hydrogen-bond donors (Lipinski definition) is 1. The molecule has 2 N–H and O–H groups in total. The zero-order valence-electron chi connectivity index (χ0n) is 10.3. The van der Waals surface area contributed by atoms with Crippen molar-refractivity contribution in [2.75, 3.05) is 18.0 Å². The van der Waals surface area contributed by atoms with E-state index in [-0.39, 0.29) is 5.91 Å². The van der Waals surface area contributed by atoms with Gasteiger partial charge in [0, 0.05) is 6.54 Å². The van der Waals surface area contributed by atoms with E-state index in [0.29, 0.717) is 13.1 Å². The van der Waals surface area contributed by atoms with Crippen LogP contribution in [0.5, 0.6) is 5.75 Å². The molecule has 1 aliphatic heterocycles. The summed E-state index contributed by atoms with van der Waals surface area (Å²) in [4.78, 5) is 14.0. The molecule has 0 fully saturated rings. The van der Waals surface area contributed by atoms with Gasteiger partial charge in [0.15, 0.2) is 5.60 Å². The molecule has 17 heavy (non-hydrogen) atoms. The number of ether oxygens (including phenoxy) is 1. The number of nitrogens with zero attached hydrogens (tertiary/aromatic N) is 1. The van der Waals surface area contributed by atoms with E-state index in [1.54, 1.807) is 18.7 Å². The molecule has 1 aliphatic rings. The first-order valence-corrected chi connectivity index (χ1v) is 5.86. The average molecular weight is 234 g/mol. The Kier molecular flexibility index (Phi) is 3.07. The topological polar surface area (TPSA) is 55.6 Å². The van der Waals surface area contributed by atoms with Gasteiger partial charge in [0.25, 0.3) is 5.91 Å². The number of carbonyl (C=O) groups is 1. The van der Waals surface area contributed by atoms with Gasteiger partial charge in [-0.25, -0.2) is 0 Å². The highest BCUT2D eigenvalue weighted by Gasteiger charge is 2.40. The lowest BCUT2D eigenvalue weighted by atomic mass is 10.0. The molecule has 0 aliphatic carbocycles. The third-order valence-electron chi connectivity index (χ3n) is 2.87. The molecule has 4 heteroatoms. The van der Waals surface area contributed by atoms with Gasteiger partial charge >= 0.3 is 0 Å². The number of fused-ring (bicyclic) bond motifs is 1. The predicted molar refractivity (Wildman–Crippen MR) is 67.2 cm³/mol. The van der Waals surface area contributed by atoms with E-state index in [1.165, 1.54) is 0 Å². The first-order chi connectivity index (χ1) is 8.06. The minimum atomic E-state index is -0.803. The number of benzene rings is 1. The van der Waals surface area contributed by atoms with E-state index >= 15 is 0 Å². The number of hydrogen-bond acceptors (Lipinski definition) is 3. The molecular weight excluding hydrogens is 216 g/mol. The summed E-state index contributed by atoms with van der Waals surface area (Å²) in [5.41, 5.74) is 5.55. The lowest BCUT2D eigenvalue weighted by molar-refractivity contribution is -0.132.